The molecule has 1 aromatic heterocycles. The third-order valence-corrected chi connectivity index (χ3v) is 12.3. The average Bonchev–Trinajstić information content (AvgIpc) is 3.80. The van der Waals surface area contributed by atoms with Crippen LogP contribution in [0, 0.1) is 0 Å². The highest BCUT2D eigenvalue weighted by Crippen LogP contribution is 2.36. The van der Waals surface area contributed by atoms with Crippen molar-refractivity contribution in [2.75, 3.05) is 64.5 Å². The Labute approximate surface area is 325 Å². The average molecular weight is 772 g/mol. The van der Waals surface area contributed by atoms with Crippen LogP contribution in [0.5, 0.6) is 5.75 Å². The van der Waals surface area contributed by atoms with Gasteiger partial charge in [0.05, 0.1) is 23.8 Å². The number of nitrogens with zero attached hydrogens (tertiary/aromatic N) is 5. The van der Waals surface area contributed by atoms with Crippen LogP contribution in [0.15, 0.2) is 66.7 Å². The smallest absolute Gasteiger partial charge is 0.251 e. The summed E-state index contributed by atoms with van der Waals surface area (Å²) in [5.41, 5.74) is 7.29. The Morgan fingerprint density at radius 3 is 2.52 bits per heavy atom. The molecule has 4 heterocycles. The van der Waals surface area contributed by atoms with Crippen LogP contribution in [0.1, 0.15) is 53.7 Å². The van der Waals surface area contributed by atoms with Crippen molar-refractivity contribution in [3.05, 3.63) is 88.6 Å². The number of halogens is 1. The highest BCUT2D eigenvalue weighted by atomic mass is 35.5. The fourth-order valence-electron chi connectivity index (χ4n) is 7.97. The molecule has 3 aromatic carbocycles. The molecule has 0 bridgehead atoms. The lowest BCUT2D eigenvalue weighted by molar-refractivity contribution is -0.130. The number of hydrogen-bond acceptors (Lipinski definition) is 7. The van der Waals surface area contributed by atoms with Crippen LogP contribution in [0.2, 0.25) is 5.02 Å². The van der Waals surface area contributed by atoms with E-state index in [0.717, 1.165) is 111 Å². The van der Waals surface area contributed by atoms with Crippen LogP contribution in [0.3, 0.4) is 0 Å². The molecule has 2 saturated heterocycles. The predicted octanol–water partition coefficient (Wildman–Crippen LogP) is 5.85. The van der Waals surface area contributed by atoms with Gasteiger partial charge in [-0.25, -0.2) is 8.51 Å². The summed E-state index contributed by atoms with van der Waals surface area (Å²) in [5, 5.41) is 12.1. The second-order valence-corrected chi connectivity index (χ2v) is 16.1. The number of aromatic nitrogens is 2. The monoisotopic (exact) mass is 771 g/mol. The number of anilines is 1. The van der Waals surface area contributed by atoms with Crippen molar-refractivity contribution in [2.24, 2.45) is 0 Å². The summed E-state index contributed by atoms with van der Waals surface area (Å²) in [6.07, 6.45) is 7.29. The molecule has 3 aliphatic heterocycles. The molecular formula is C41H50ClN7O4S. The number of piperidine rings is 1. The number of amides is 2. The maximum absolute atomic E-state index is 13.2. The highest BCUT2D eigenvalue weighted by molar-refractivity contribution is 7.81. The minimum absolute atomic E-state index is 0.160. The molecule has 2 fully saturated rings. The Bertz CT molecular complexity index is 1980. The molecule has 0 spiro atoms. The van der Waals surface area contributed by atoms with E-state index in [1.807, 2.05) is 65.0 Å². The molecule has 7 rings (SSSR count). The number of aryl methyl sites for hydroxylation is 1. The Morgan fingerprint density at radius 1 is 0.963 bits per heavy atom. The molecule has 1 atom stereocenters. The number of rotatable bonds is 14. The van der Waals surface area contributed by atoms with E-state index in [4.69, 9.17) is 21.4 Å². The number of benzene rings is 3. The molecule has 3 aliphatic rings. The van der Waals surface area contributed by atoms with Crippen molar-refractivity contribution in [3.63, 3.8) is 0 Å². The first-order chi connectivity index (χ1) is 26.3. The van der Waals surface area contributed by atoms with E-state index in [-0.39, 0.29) is 5.91 Å². The second kappa shape index (κ2) is 17.5. The van der Waals surface area contributed by atoms with Crippen molar-refractivity contribution in [2.45, 2.75) is 57.7 Å². The van der Waals surface area contributed by atoms with Gasteiger partial charge in [-0.05, 0) is 86.3 Å². The normalized spacial score (nSPS) is 17.4. The van der Waals surface area contributed by atoms with Crippen molar-refractivity contribution in [3.8, 4) is 28.1 Å². The minimum atomic E-state index is -1.09. The molecule has 286 valence electrons. The van der Waals surface area contributed by atoms with Gasteiger partial charge in [0.1, 0.15) is 5.75 Å². The van der Waals surface area contributed by atoms with Gasteiger partial charge in [0.15, 0.2) is 0 Å². The summed E-state index contributed by atoms with van der Waals surface area (Å²) in [7, 11) is 0.546. The van der Waals surface area contributed by atoms with Crippen molar-refractivity contribution in [1.82, 2.24) is 29.2 Å². The quantitative estimate of drug-likeness (QED) is 0.155. The second-order valence-electron chi connectivity index (χ2n) is 14.3. The van der Waals surface area contributed by atoms with E-state index < -0.39 is 11.0 Å². The van der Waals surface area contributed by atoms with Gasteiger partial charge in [0, 0.05) is 116 Å². The fourth-order valence-corrected chi connectivity index (χ4v) is 8.86. The van der Waals surface area contributed by atoms with Gasteiger partial charge in [0.2, 0.25) is 5.91 Å². The highest BCUT2D eigenvalue weighted by Gasteiger charge is 2.31. The van der Waals surface area contributed by atoms with Gasteiger partial charge in [0.25, 0.3) is 5.91 Å². The maximum Gasteiger partial charge on any atom is 0.251 e. The van der Waals surface area contributed by atoms with Gasteiger partial charge in [-0.3, -0.25) is 14.3 Å². The number of nitrogens with one attached hydrogen (secondary N) is 2. The van der Waals surface area contributed by atoms with Gasteiger partial charge in [-0.1, -0.05) is 29.8 Å². The summed E-state index contributed by atoms with van der Waals surface area (Å²) >= 11 is 6.82. The molecule has 11 nitrogen and oxygen atoms in total. The maximum atomic E-state index is 13.2. The summed E-state index contributed by atoms with van der Waals surface area (Å²) in [4.78, 5) is 30.1. The van der Waals surface area contributed by atoms with E-state index in [2.05, 4.69) is 31.2 Å². The molecular weight excluding hydrogens is 722 g/mol. The zero-order valence-corrected chi connectivity index (χ0v) is 32.8. The lowest BCUT2D eigenvalue weighted by atomic mass is 9.97. The fraction of sp³-hybridized carbons (Fsp3) is 0.439. The van der Waals surface area contributed by atoms with Crippen molar-refractivity contribution in [1.29, 1.82) is 0 Å². The first-order valence-corrected chi connectivity index (χ1v) is 20.9. The number of carbonyl (C=O) groups is 2. The summed E-state index contributed by atoms with van der Waals surface area (Å²) in [6, 6.07) is 21.5. The van der Waals surface area contributed by atoms with Crippen LogP contribution >= 0.6 is 11.6 Å². The Balaban J connectivity index is 1.03. The SMILES string of the molecule is COc1ccc(NCCNC(=O)c2cccc(-c3cc(-c4nn(CCCN5CCC(N6CCCC6=O)CC5)c5c4CN(S(C)=O)CC5)ccc3Cl)c2)cc1. The van der Waals surface area contributed by atoms with Crippen LogP contribution in [0.4, 0.5) is 5.69 Å². The van der Waals surface area contributed by atoms with Crippen molar-refractivity contribution >= 4 is 40.1 Å². The van der Waals surface area contributed by atoms with Gasteiger partial charge >= 0.3 is 0 Å². The van der Waals surface area contributed by atoms with E-state index in [1.165, 1.54) is 5.69 Å². The molecule has 54 heavy (non-hydrogen) atoms. The van der Waals surface area contributed by atoms with Crippen LogP contribution in [-0.2, 0) is 35.3 Å². The lowest BCUT2D eigenvalue weighted by Crippen LogP contribution is -2.45. The van der Waals surface area contributed by atoms with Crippen molar-refractivity contribution < 1.29 is 18.5 Å². The largest absolute Gasteiger partial charge is 0.497 e. The third-order valence-electron chi connectivity index (χ3n) is 10.9. The zero-order valence-electron chi connectivity index (χ0n) is 31.2. The molecule has 0 aliphatic carbocycles. The lowest BCUT2D eigenvalue weighted by Gasteiger charge is -2.36. The van der Waals surface area contributed by atoms with Gasteiger partial charge < -0.3 is 25.2 Å². The Morgan fingerprint density at radius 2 is 1.78 bits per heavy atom. The van der Waals surface area contributed by atoms with E-state index in [0.29, 0.717) is 48.6 Å². The number of ether oxygens (including phenoxy) is 1. The first kappa shape index (κ1) is 38.1. The topological polar surface area (TPSA) is 112 Å². The molecule has 0 radical (unpaired) electrons. The number of fused-ring (bicyclic) bond motifs is 1. The summed E-state index contributed by atoms with van der Waals surface area (Å²) in [6.45, 7) is 7.07. The van der Waals surface area contributed by atoms with Gasteiger partial charge in [-0.15, -0.1) is 0 Å². The molecule has 2 N–H and O–H groups in total. The molecule has 0 saturated carbocycles. The standard InChI is InChI=1S/C41H50ClN7O4S/c1-53-34-12-10-32(11-13-34)43-18-19-44-41(51)31-7-3-6-29(26-31)35-27-30(9-14-37(35)42)40-36-28-47(54(2)52)25-17-38(36)49(45-40)22-5-20-46-23-15-33(16-24-46)48-21-4-8-39(48)50/h3,6-7,9-14,26-27,33,43H,4-5,8,15-25,28H2,1-2H3,(H,44,51). The predicted molar refractivity (Wildman–Crippen MR) is 215 cm³/mol. The van der Waals surface area contributed by atoms with E-state index in [9.17, 15) is 13.8 Å². The summed E-state index contributed by atoms with van der Waals surface area (Å²) < 4.78 is 22.0. The number of hydrogen-bond donors (Lipinski definition) is 2. The molecule has 13 heteroatoms. The van der Waals surface area contributed by atoms with Crippen LogP contribution in [-0.4, -0.2) is 105 Å². The summed E-state index contributed by atoms with van der Waals surface area (Å²) in [5.74, 6) is 0.959. The Hall–Kier alpha value is -4.23. The zero-order chi connectivity index (χ0) is 37.6. The number of carbonyl (C=O) groups excluding carboxylic acids is 2. The minimum Gasteiger partial charge on any atom is -0.497 e. The van der Waals surface area contributed by atoms with Gasteiger partial charge in [-0.2, -0.15) is 5.10 Å². The third kappa shape index (κ3) is 8.83. The van der Waals surface area contributed by atoms with Crippen LogP contribution in [0.25, 0.3) is 22.4 Å². The van der Waals surface area contributed by atoms with E-state index >= 15 is 0 Å². The first-order valence-electron chi connectivity index (χ1n) is 19.0. The molecule has 1 unspecified atom stereocenters. The molecule has 2 amide bonds. The van der Waals surface area contributed by atoms with E-state index in [1.54, 1.807) is 13.4 Å². The number of likely N-dealkylation sites (tertiary alicyclic amines) is 2. The van der Waals surface area contributed by atoms with Crippen LogP contribution < -0.4 is 15.4 Å². The number of methoxy groups -OCH3 is 1. The Kier molecular flexibility index (Phi) is 12.3. The molecule has 4 aromatic rings.